The summed E-state index contributed by atoms with van der Waals surface area (Å²) < 4.78 is 12.9. The van der Waals surface area contributed by atoms with Gasteiger partial charge in [-0.3, -0.25) is 0 Å². The van der Waals surface area contributed by atoms with E-state index in [9.17, 15) is 5.11 Å². The van der Waals surface area contributed by atoms with Gasteiger partial charge in [0.25, 0.3) is 0 Å². The van der Waals surface area contributed by atoms with E-state index in [-0.39, 0.29) is 23.3 Å². The second-order valence-electron chi connectivity index (χ2n) is 12.8. The maximum absolute atomic E-state index is 10.5. The van der Waals surface area contributed by atoms with Crippen LogP contribution in [0.1, 0.15) is 59.9 Å². The van der Waals surface area contributed by atoms with Gasteiger partial charge in [0.15, 0.2) is 0 Å². The van der Waals surface area contributed by atoms with E-state index in [2.05, 4.69) is 51.6 Å². The molecule has 232 valence electrons. The van der Waals surface area contributed by atoms with Gasteiger partial charge in [-0.1, -0.05) is 47.6 Å². The number of nitrogens with zero attached hydrogens (tertiary/aromatic N) is 1. The van der Waals surface area contributed by atoms with Crippen LogP contribution in [0.2, 0.25) is 0 Å². The molecule has 2 fully saturated rings. The molecule has 3 aliphatic carbocycles. The number of ether oxygens (including phenoxy) is 2. The molecule has 6 nitrogen and oxygen atoms in total. The zero-order chi connectivity index (χ0) is 30.1. The van der Waals surface area contributed by atoms with E-state index in [0.29, 0.717) is 18.4 Å². The van der Waals surface area contributed by atoms with Crippen LogP contribution in [0.15, 0.2) is 70.3 Å². The Morgan fingerprint density at radius 1 is 1.05 bits per heavy atom. The number of oxime groups is 1. The Hall–Kier alpha value is -2.52. The van der Waals surface area contributed by atoms with Gasteiger partial charge in [0.2, 0.25) is 0 Å². The molecule has 0 bridgehead atoms. The molecule has 44 heavy (non-hydrogen) atoms. The van der Waals surface area contributed by atoms with E-state index < -0.39 is 0 Å². The van der Waals surface area contributed by atoms with E-state index in [0.717, 1.165) is 71.8 Å². The zero-order valence-electron chi connectivity index (χ0n) is 25.3. The second-order valence-corrected chi connectivity index (χ2v) is 14.8. The number of thioether (sulfide) groups is 1. The lowest BCUT2D eigenvalue weighted by Gasteiger charge is -2.48. The van der Waals surface area contributed by atoms with Gasteiger partial charge in [0, 0.05) is 35.4 Å². The predicted molar refractivity (Wildman–Crippen MR) is 180 cm³/mol. The van der Waals surface area contributed by atoms with Gasteiger partial charge < -0.3 is 24.7 Å². The molecule has 3 aromatic carbocycles. The normalized spacial score (nSPS) is 26.5. The van der Waals surface area contributed by atoms with Crippen molar-refractivity contribution in [1.82, 2.24) is 5.32 Å². The summed E-state index contributed by atoms with van der Waals surface area (Å²) in [5.41, 5.74) is 7.64. The van der Waals surface area contributed by atoms with Gasteiger partial charge >= 0.3 is 0 Å². The number of aliphatic hydroxyl groups is 1. The summed E-state index contributed by atoms with van der Waals surface area (Å²) in [6, 6.07) is 21.0. The lowest BCUT2D eigenvalue weighted by atomic mass is 9.62. The van der Waals surface area contributed by atoms with Crippen LogP contribution in [0.3, 0.4) is 0 Å². The maximum Gasteiger partial charge on any atom is 0.142 e. The zero-order valence-corrected chi connectivity index (χ0v) is 27.7. The van der Waals surface area contributed by atoms with Crippen LogP contribution in [-0.2, 0) is 35.6 Å². The van der Waals surface area contributed by atoms with Gasteiger partial charge in [0.1, 0.15) is 18.1 Å². The molecule has 1 aliphatic heterocycles. The van der Waals surface area contributed by atoms with Gasteiger partial charge in [-0.2, -0.15) is 11.8 Å². The van der Waals surface area contributed by atoms with Gasteiger partial charge in [-0.15, -0.1) is 0 Å². The van der Waals surface area contributed by atoms with Crippen molar-refractivity contribution in [3.05, 3.63) is 93.0 Å². The number of halogens is 1. The SMILES string of the molecule is COc1ccc(CS[C@@H]2C/C(=N\OCc3ccccc3)C[C@H]3Cc4c(Br)c(OCC5CC5)cc5c4[C@]32C[C@@H](CO)NC5)cc1. The third kappa shape index (κ3) is 6.03. The summed E-state index contributed by atoms with van der Waals surface area (Å²) in [5.74, 6) is 3.79. The first kappa shape index (κ1) is 30.2. The Balaban J connectivity index is 1.24. The van der Waals surface area contributed by atoms with Crippen LogP contribution in [0.5, 0.6) is 11.5 Å². The lowest BCUT2D eigenvalue weighted by Crippen LogP contribution is -2.51. The van der Waals surface area contributed by atoms with E-state index in [1.165, 1.54) is 35.1 Å². The first-order valence-corrected chi connectivity index (χ1v) is 17.7. The molecule has 0 amide bonds. The predicted octanol–water partition coefficient (Wildman–Crippen LogP) is 7.18. The van der Waals surface area contributed by atoms with Crippen molar-refractivity contribution in [2.45, 2.75) is 74.1 Å². The monoisotopic (exact) mass is 676 g/mol. The highest BCUT2D eigenvalue weighted by Crippen LogP contribution is 2.61. The van der Waals surface area contributed by atoms with Crippen molar-refractivity contribution in [3.63, 3.8) is 0 Å². The van der Waals surface area contributed by atoms with Crippen molar-refractivity contribution in [3.8, 4) is 11.5 Å². The first-order chi connectivity index (χ1) is 21.6. The van der Waals surface area contributed by atoms with Crippen molar-refractivity contribution in [2.75, 3.05) is 20.3 Å². The number of methoxy groups -OCH3 is 1. The minimum Gasteiger partial charge on any atom is -0.497 e. The molecule has 0 radical (unpaired) electrons. The molecule has 8 heteroatoms. The van der Waals surface area contributed by atoms with Crippen molar-refractivity contribution in [2.24, 2.45) is 17.0 Å². The van der Waals surface area contributed by atoms with Gasteiger partial charge in [0.05, 0.1) is 30.5 Å². The molecule has 0 saturated heterocycles. The number of hydrogen-bond acceptors (Lipinski definition) is 7. The summed E-state index contributed by atoms with van der Waals surface area (Å²) in [6.07, 6.45) is 6.16. The number of aliphatic hydroxyl groups excluding tert-OH is 1. The third-order valence-electron chi connectivity index (χ3n) is 9.97. The Labute approximate surface area is 273 Å². The molecule has 4 atom stereocenters. The average Bonchev–Trinajstić information content (AvgIpc) is 3.85. The summed E-state index contributed by atoms with van der Waals surface area (Å²) in [7, 11) is 1.71. The highest BCUT2D eigenvalue weighted by molar-refractivity contribution is 9.10. The molecule has 3 aromatic rings. The number of rotatable bonds is 11. The highest BCUT2D eigenvalue weighted by Gasteiger charge is 2.58. The summed E-state index contributed by atoms with van der Waals surface area (Å²) in [5, 5.41) is 19.3. The molecule has 1 heterocycles. The van der Waals surface area contributed by atoms with Gasteiger partial charge in [-0.05, 0) is 106 Å². The summed E-state index contributed by atoms with van der Waals surface area (Å²) in [4.78, 5) is 5.98. The number of nitrogens with one attached hydrogen (secondary N) is 1. The number of benzene rings is 3. The molecule has 7 rings (SSSR count). The summed E-state index contributed by atoms with van der Waals surface area (Å²) in [6.45, 7) is 2.12. The fraction of sp³-hybridized carbons (Fsp3) is 0.472. The van der Waals surface area contributed by atoms with Crippen LogP contribution in [0, 0.1) is 11.8 Å². The molecule has 0 aromatic heterocycles. The molecular formula is C36H41BrN2O4S. The highest BCUT2D eigenvalue weighted by atomic mass is 79.9. The average molecular weight is 678 g/mol. The van der Waals surface area contributed by atoms with Crippen molar-refractivity contribution in [1.29, 1.82) is 0 Å². The van der Waals surface area contributed by atoms with Crippen LogP contribution in [-0.4, -0.2) is 42.4 Å². The van der Waals surface area contributed by atoms with E-state index in [1.54, 1.807) is 7.11 Å². The summed E-state index contributed by atoms with van der Waals surface area (Å²) >= 11 is 6.05. The fourth-order valence-corrected chi connectivity index (χ4v) is 9.75. The molecule has 2 N–H and O–H groups in total. The molecular weight excluding hydrogens is 636 g/mol. The van der Waals surface area contributed by atoms with E-state index >= 15 is 0 Å². The Bertz CT molecular complexity index is 1500. The number of hydrogen-bond donors (Lipinski definition) is 2. The second kappa shape index (κ2) is 13.1. The van der Waals surface area contributed by atoms with E-state index in [1.807, 2.05) is 42.1 Å². The van der Waals surface area contributed by atoms with Crippen molar-refractivity contribution >= 4 is 33.4 Å². The van der Waals surface area contributed by atoms with E-state index in [4.69, 9.17) is 19.5 Å². The van der Waals surface area contributed by atoms with Crippen LogP contribution >= 0.6 is 27.7 Å². The molecule has 2 saturated carbocycles. The van der Waals surface area contributed by atoms with Crippen molar-refractivity contribution < 1.29 is 19.4 Å². The molecule has 0 unspecified atom stereocenters. The minimum absolute atomic E-state index is 0.0300. The van der Waals surface area contributed by atoms with Gasteiger partial charge in [-0.25, -0.2) is 0 Å². The van der Waals surface area contributed by atoms with Crippen LogP contribution in [0.25, 0.3) is 0 Å². The molecule has 1 spiro atoms. The smallest absolute Gasteiger partial charge is 0.142 e. The Kier molecular flexibility index (Phi) is 8.96. The molecule has 4 aliphatic rings. The Morgan fingerprint density at radius 2 is 1.86 bits per heavy atom. The fourth-order valence-electron chi connectivity index (χ4n) is 7.57. The third-order valence-corrected chi connectivity index (χ3v) is 12.3. The van der Waals surface area contributed by atoms with Crippen LogP contribution < -0.4 is 14.8 Å². The quantitative estimate of drug-likeness (QED) is 0.210. The minimum atomic E-state index is -0.0886. The standard InChI is InChI=1S/C36H41BrN2O4S/c1-41-30-11-9-25(10-12-30)22-44-33-16-28(39-43-21-23-5-3-2-4-6-23)14-27-15-31-34-26(18-38-29(19-40)17-36(27,33)34)13-32(35(31)37)42-20-24-7-8-24/h2-6,9-13,24,27,29,33,38,40H,7-8,14-22H2,1H3/b39-28-/t27-,29-,33+,36+/m0/s1. The lowest BCUT2D eigenvalue weighted by molar-refractivity contribution is 0.124. The maximum atomic E-state index is 10.5. The van der Waals surface area contributed by atoms with Crippen LogP contribution in [0.4, 0.5) is 0 Å². The topological polar surface area (TPSA) is 72.3 Å². The largest absolute Gasteiger partial charge is 0.497 e. The Morgan fingerprint density at radius 3 is 2.61 bits per heavy atom. The first-order valence-electron chi connectivity index (χ1n) is 15.8.